The van der Waals surface area contributed by atoms with E-state index in [1.54, 1.807) is 43.3 Å². The molecule has 3 aromatic rings. The van der Waals surface area contributed by atoms with Crippen LogP contribution in [-0.4, -0.2) is 15.9 Å². The van der Waals surface area contributed by atoms with Gasteiger partial charge in [0.05, 0.1) is 11.6 Å². The molecule has 3 rings (SSSR count). The molecule has 134 valence electrons. The summed E-state index contributed by atoms with van der Waals surface area (Å²) >= 11 is 6.14. The van der Waals surface area contributed by atoms with Crippen molar-refractivity contribution in [3.63, 3.8) is 0 Å². The van der Waals surface area contributed by atoms with Crippen LogP contribution in [-0.2, 0) is 0 Å². The highest BCUT2D eigenvalue weighted by Crippen LogP contribution is 2.25. The Bertz CT molecular complexity index is 1060. The van der Waals surface area contributed by atoms with Crippen LogP contribution in [0.1, 0.15) is 27.3 Å². The number of hydrogen-bond donors (Lipinski definition) is 2. The number of benzene rings is 2. The highest BCUT2D eigenvalue weighted by molar-refractivity contribution is 6.31. The molecule has 1 amide bonds. The Morgan fingerprint density at radius 3 is 2.67 bits per heavy atom. The largest absolute Gasteiger partial charge is 0.324 e. The second kappa shape index (κ2) is 7.85. The number of carbonyl (C=O) groups excluding carboxylic acids is 1. The molecule has 0 fully saturated rings. The van der Waals surface area contributed by atoms with Crippen molar-refractivity contribution in [2.45, 2.75) is 13.8 Å². The molecule has 0 aliphatic heterocycles. The van der Waals surface area contributed by atoms with Crippen molar-refractivity contribution in [1.29, 1.82) is 5.26 Å². The fourth-order valence-electron chi connectivity index (χ4n) is 2.47. The highest BCUT2D eigenvalue weighted by atomic mass is 35.5. The summed E-state index contributed by atoms with van der Waals surface area (Å²) in [6.07, 6.45) is 0. The topological polar surface area (TPSA) is 90.7 Å². The van der Waals surface area contributed by atoms with Gasteiger partial charge in [-0.3, -0.25) is 4.79 Å². The molecular weight excluding hydrogens is 362 g/mol. The normalized spacial score (nSPS) is 10.1. The van der Waals surface area contributed by atoms with Crippen LogP contribution in [0.25, 0.3) is 0 Å². The van der Waals surface area contributed by atoms with Crippen LogP contribution in [0, 0.1) is 25.2 Å². The van der Waals surface area contributed by atoms with Gasteiger partial charge in [0.1, 0.15) is 5.69 Å². The molecule has 0 saturated carbocycles. The van der Waals surface area contributed by atoms with Crippen LogP contribution >= 0.6 is 11.6 Å². The van der Waals surface area contributed by atoms with Crippen LogP contribution in [0.5, 0.6) is 0 Å². The first-order chi connectivity index (χ1) is 13.0. The summed E-state index contributed by atoms with van der Waals surface area (Å²) in [6.45, 7) is 3.67. The number of anilines is 3. The zero-order valence-electron chi connectivity index (χ0n) is 14.7. The van der Waals surface area contributed by atoms with Crippen molar-refractivity contribution in [3.8, 4) is 6.07 Å². The van der Waals surface area contributed by atoms with Crippen molar-refractivity contribution in [2.75, 3.05) is 10.6 Å². The first kappa shape index (κ1) is 18.4. The maximum absolute atomic E-state index is 12.6. The van der Waals surface area contributed by atoms with E-state index in [4.69, 9.17) is 16.9 Å². The van der Waals surface area contributed by atoms with Crippen LogP contribution in [0.3, 0.4) is 0 Å². The summed E-state index contributed by atoms with van der Waals surface area (Å²) in [4.78, 5) is 21.2. The maximum Gasteiger partial charge on any atom is 0.274 e. The van der Waals surface area contributed by atoms with E-state index in [1.807, 2.05) is 25.1 Å². The maximum atomic E-state index is 12.6. The number of halogens is 1. The molecule has 0 aliphatic rings. The van der Waals surface area contributed by atoms with Gasteiger partial charge in [0.25, 0.3) is 5.91 Å². The molecule has 2 N–H and O–H groups in total. The predicted octanol–water partition coefficient (Wildman–Crippen LogP) is 4.61. The SMILES string of the molecule is Cc1cc(C(=O)Nc2cccc(C#N)c2)nc(Nc2cccc(Cl)c2C)n1. The van der Waals surface area contributed by atoms with Gasteiger partial charge in [-0.2, -0.15) is 5.26 Å². The molecular formula is C20H16ClN5O. The van der Waals surface area contributed by atoms with Crippen molar-refractivity contribution < 1.29 is 4.79 Å². The van der Waals surface area contributed by atoms with E-state index in [-0.39, 0.29) is 11.6 Å². The van der Waals surface area contributed by atoms with Gasteiger partial charge in [0.2, 0.25) is 5.95 Å². The van der Waals surface area contributed by atoms with Crippen LogP contribution in [0.2, 0.25) is 5.02 Å². The fraction of sp³-hybridized carbons (Fsp3) is 0.100. The molecule has 6 nitrogen and oxygen atoms in total. The lowest BCUT2D eigenvalue weighted by molar-refractivity contribution is 0.102. The molecule has 2 aromatic carbocycles. The van der Waals surface area contributed by atoms with Gasteiger partial charge < -0.3 is 10.6 Å². The minimum atomic E-state index is -0.388. The average molecular weight is 378 g/mol. The van der Waals surface area contributed by atoms with Gasteiger partial charge in [-0.05, 0) is 55.8 Å². The predicted molar refractivity (Wildman–Crippen MR) is 105 cm³/mol. The summed E-state index contributed by atoms with van der Waals surface area (Å²) in [7, 11) is 0. The minimum absolute atomic E-state index is 0.215. The van der Waals surface area contributed by atoms with E-state index in [0.717, 1.165) is 11.3 Å². The third-order valence-corrected chi connectivity index (χ3v) is 4.26. The molecule has 0 atom stereocenters. The second-order valence-electron chi connectivity index (χ2n) is 5.90. The number of carbonyl (C=O) groups is 1. The van der Waals surface area contributed by atoms with Crippen molar-refractivity contribution >= 4 is 34.8 Å². The first-order valence-electron chi connectivity index (χ1n) is 8.15. The number of nitrogens with zero attached hydrogens (tertiary/aromatic N) is 3. The molecule has 0 unspecified atom stereocenters. The molecule has 27 heavy (non-hydrogen) atoms. The minimum Gasteiger partial charge on any atom is -0.324 e. The molecule has 1 heterocycles. The summed E-state index contributed by atoms with van der Waals surface area (Å²) in [5.41, 5.74) is 3.47. The number of hydrogen-bond acceptors (Lipinski definition) is 5. The smallest absolute Gasteiger partial charge is 0.274 e. The van der Waals surface area contributed by atoms with E-state index in [9.17, 15) is 4.79 Å². The number of aromatic nitrogens is 2. The molecule has 0 bridgehead atoms. The van der Waals surface area contributed by atoms with Crippen LogP contribution in [0.4, 0.5) is 17.3 Å². The van der Waals surface area contributed by atoms with Crippen molar-refractivity contribution in [2.24, 2.45) is 0 Å². The molecule has 0 saturated heterocycles. The Morgan fingerprint density at radius 2 is 1.89 bits per heavy atom. The van der Waals surface area contributed by atoms with E-state index in [0.29, 0.717) is 27.9 Å². The second-order valence-corrected chi connectivity index (χ2v) is 6.31. The van der Waals surface area contributed by atoms with Gasteiger partial charge in [-0.25, -0.2) is 9.97 Å². The van der Waals surface area contributed by atoms with Gasteiger partial charge in [0, 0.05) is 22.1 Å². The quantitative estimate of drug-likeness (QED) is 0.692. The number of amides is 1. The molecule has 0 aliphatic carbocycles. The lowest BCUT2D eigenvalue weighted by atomic mass is 10.2. The van der Waals surface area contributed by atoms with Gasteiger partial charge in [0.15, 0.2) is 0 Å². The van der Waals surface area contributed by atoms with Crippen LogP contribution < -0.4 is 10.6 Å². The molecule has 1 aromatic heterocycles. The lowest BCUT2D eigenvalue weighted by Gasteiger charge is -2.11. The summed E-state index contributed by atoms with van der Waals surface area (Å²) < 4.78 is 0. The standard InChI is InChI=1S/C20H16ClN5O/c1-12-9-18(19(27)24-15-6-3-5-14(10-15)11-22)26-20(23-12)25-17-8-4-7-16(21)13(17)2/h3-10H,1-2H3,(H,24,27)(H,23,25,26). The molecule has 7 heteroatoms. The third-order valence-electron chi connectivity index (χ3n) is 3.85. The monoisotopic (exact) mass is 377 g/mol. The zero-order valence-corrected chi connectivity index (χ0v) is 15.5. The highest BCUT2D eigenvalue weighted by Gasteiger charge is 2.12. The van der Waals surface area contributed by atoms with Crippen LogP contribution in [0.15, 0.2) is 48.5 Å². The van der Waals surface area contributed by atoms with E-state index >= 15 is 0 Å². The Labute approximate surface area is 161 Å². The van der Waals surface area contributed by atoms with E-state index in [1.165, 1.54) is 0 Å². The van der Waals surface area contributed by atoms with Crippen molar-refractivity contribution in [1.82, 2.24) is 9.97 Å². The zero-order chi connectivity index (χ0) is 19.4. The van der Waals surface area contributed by atoms with Gasteiger partial charge >= 0.3 is 0 Å². The Morgan fingerprint density at radius 1 is 1.11 bits per heavy atom. The summed E-state index contributed by atoms with van der Waals surface area (Å²) in [6, 6.07) is 15.8. The van der Waals surface area contributed by atoms with E-state index < -0.39 is 0 Å². The molecule has 0 radical (unpaired) electrons. The Balaban J connectivity index is 1.85. The Kier molecular flexibility index (Phi) is 5.34. The lowest BCUT2D eigenvalue weighted by Crippen LogP contribution is -2.15. The number of rotatable bonds is 4. The number of aryl methyl sites for hydroxylation is 1. The Hall–Kier alpha value is -3.43. The van der Waals surface area contributed by atoms with Crippen molar-refractivity contribution in [3.05, 3.63) is 76.1 Å². The van der Waals surface area contributed by atoms with E-state index in [2.05, 4.69) is 20.6 Å². The fourth-order valence-corrected chi connectivity index (χ4v) is 2.64. The van der Waals surface area contributed by atoms with Gasteiger partial charge in [-0.1, -0.05) is 23.7 Å². The average Bonchev–Trinajstić information content (AvgIpc) is 2.65. The third kappa shape index (κ3) is 4.40. The summed E-state index contributed by atoms with van der Waals surface area (Å²) in [5, 5.41) is 15.4. The number of nitriles is 1. The number of nitrogens with one attached hydrogen (secondary N) is 2. The van der Waals surface area contributed by atoms with Gasteiger partial charge in [-0.15, -0.1) is 0 Å². The summed E-state index contributed by atoms with van der Waals surface area (Å²) in [5.74, 6) is -0.0854. The molecule has 0 spiro atoms. The first-order valence-corrected chi connectivity index (χ1v) is 8.53.